The van der Waals surface area contributed by atoms with Gasteiger partial charge >= 0.3 is 0 Å². The number of piperidine rings is 3. The number of benzene rings is 1. The number of fused-ring (bicyclic) bond motifs is 4. The van der Waals surface area contributed by atoms with Gasteiger partial charge in [-0.05, 0) is 61.1 Å². The van der Waals surface area contributed by atoms with Gasteiger partial charge in [-0.1, -0.05) is 6.08 Å². The molecular weight excluding hydrogens is 324 g/mol. The van der Waals surface area contributed by atoms with E-state index in [0.717, 1.165) is 36.0 Å². The number of pyridine rings is 1. The van der Waals surface area contributed by atoms with E-state index in [1.54, 1.807) is 24.4 Å². The van der Waals surface area contributed by atoms with Crippen molar-refractivity contribution in [2.75, 3.05) is 13.1 Å². The molecule has 0 amide bonds. The Bertz CT molecular complexity index is 751. The van der Waals surface area contributed by atoms with E-state index in [0.29, 0.717) is 11.8 Å². The van der Waals surface area contributed by atoms with Gasteiger partial charge in [0.05, 0.1) is 11.6 Å². The van der Waals surface area contributed by atoms with Gasteiger partial charge in [-0.15, -0.1) is 19.0 Å². The molecule has 1 unspecified atom stereocenters. The minimum atomic E-state index is -0.559. The highest BCUT2D eigenvalue weighted by Crippen LogP contribution is 2.42. The van der Waals surface area contributed by atoms with Gasteiger partial charge in [0, 0.05) is 24.2 Å². The quantitative estimate of drug-likeness (QED) is 0.837. The average molecular weight is 347 g/mol. The number of phenols is 1. The van der Waals surface area contributed by atoms with Gasteiger partial charge in [0.1, 0.15) is 5.75 Å². The molecule has 1 aromatic heterocycles. The van der Waals surface area contributed by atoms with Crippen molar-refractivity contribution >= 4 is 23.3 Å². The second-order valence-corrected chi connectivity index (χ2v) is 6.79. The number of aromatic nitrogens is 1. The zero-order valence-corrected chi connectivity index (χ0v) is 14.3. The molecule has 1 aromatic carbocycles. The lowest BCUT2D eigenvalue weighted by molar-refractivity contribution is -0.0444. The molecule has 5 heteroatoms. The monoisotopic (exact) mass is 346 g/mol. The molecule has 2 aromatic rings. The number of hydrogen-bond donors (Lipinski definition) is 2. The van der Waals surface area contributed by atoms with Crippen LogP contribution in [0.5, 0.6) is 5.75 Å². The van der Waals surface area contributed by atoms with Crippen molar-refractivity contribution in [3.63, 3.8) is 0 Å². The van der Waals surface area contributed by atoms with Gasteiger partial charge in [0.15, 0.2) is 0 Å². The molecule has 4 heterocycles. The van der Waals surface area contributed by atoms with Crippen LogP contribution in [0, 0.1) is 11.8 Å². The number of halogens is 1. The molecule has 128 valence electrons. The maximum Gasteiger partial charge on any atom is 0.116 e. The molecule has 2 N–H and O–H groups in total. The maximum atomic E-state index is 11.0. The van der Waals surface area contributed by atoms with Crippen molar-refractivity contribution in [2.45, 2.75) is 25.0 Å². The Labute approximate surface area is 148 Å². The number of phenolic OH excluding ortho intramolecular Hbond substituents is 1. The summed E-state index contributed by atoms with van der Waals surface area (Å²) in [6.45, 7) is 5.99. The zero-order valence-electron chi connectivity index (χ0n) is 13.5. The van der Waals surface area contributed by atoms with E-state index in [9.17, 15) is 10.2 Å². The van der Waals surface area contributed by atoms with Gasteiger partial charge in [-0.3, -0.25) is 9.88 Å². The van der Waals surface area contributed by atoms with Crippen LogP contribution in [0.1, 0.15) is 24.5 Å². The van der Waals surface area contributed by atoms with E-state index in [-0.39, 0.29) is 24.2 Å². The summed E-state index contributed by atoms with van der Waals surface area (Å²) < 4.78 is 0. The summed E-state index contributed by atoms with van der Waals surface area (Å²) in [5, 5.41) is 21.7. The fourth-order valence-corrected chi connectivity index (χ4v) is 4.33. The fourth-order valence-electron chi connectivity index (χ4n) is 4.33. The van der Waals surface area contributed by atoms with Crippen LogP contribution < -0.4 is 0 Å². The van der Waals surface area contributed by atoms with Crippen LogP contribution in [0.25, 0.3) is 10.9 Å². The number of hydrogen-bond acceptors (Lipinski definition) is 4. The highest BCUT2D eigenvalue weighted by Gasteiger charge is 2.42. The predicted octanol–water partition coefficient (Wildman–Crippen LogP) is 3.29. The Morgan fingerprint density at radius 3 is 2.88 bits per heavy atom. The van der Waals surface area contributed by atoms with Gasteiger partial charge < -0.3 is 10.2 Å². The minimum Gasteiger partial charge on any atom is -0.508 e. The summed E-state index contributed by atoms with van der Waals surface area (Å²) in [7, 11) is 0. The van der Waals surface area contributed by atoms with Gasteiger partial charge in [0.2, 0.25) is 0 Å². The van der Waals surface area contributed by atoms with Crippen molar-refractivity contribution in [3.05, 3.63) is 48.7 Å². The van der Waals surface area contributed by atoms with Crippen molar-refractivity contribution < 1.29 is 10.2 Å². The molecule has 0 spiro atoms. The lowest BCUT2D eigenvalue weighted by Gasteiger charge is -2.50. The first kappa shape index (κ1) is 17.2. The normalized spacial score (nSPS) is 29.9. The summed E-state index contributed by atoms with van der Waals surface area (Å²) in [6.07, 6.45) is 5.44. The van der Waals surface area contributed by atoms with Crippen molar-refractivity contribution in [3.8, 4) is 5.75 Å². The first-order valence-electron chi connectivity index (χ1n) is 8.29. The molecule has 5 atom stereocenters. The van der Waals surface area contributed by atoms with Crippen LogP contribution in [0.15, 0.2) is 43.1 Å². The molecule has 24 heavy (non-hydrogen) atoms. The molecule has 3 fully saturated rings. The largest absolute Gasteiger partial charge is 0.508 e. The van der Waals surface area contributed by atoms with Crippen LogP contribution in [-0.2, 0) is 0 Å². The third-order valence-electron chi connectivity index (χ3n) is 5.60. The van der Waals surface area contributed by atoms with Crippen LogP contribution >= 0.6 is 12.4 Å². The molecular formula is C19H23ClN2O2. The Morgan fingerprint density at radius 1 is 1.33 bits per heavy atom. The van der Waals surface area contributed by atoms with Crippen LogP contribution in [0.3, 0.4) is 0 Å². The smallest absolute Gasteiger partial charge is 0.116 e. The van der Waals surface area contributed by atoms with E-state index in [4.69, 9.17) is 0 Å². The molecule has 0 saturated carbocycles. The van der Waals surface area contributed by atoms with Crippen LogP contribution in [-0.4, -0.2) is 39.2 Å². The Balaban J connectivity index is 0.00000169. The molecule has 3 saturated heterocycles. The van der Waals surface area contributed by atoms with E-state index in [2.05, 4.69) is 22.5 Å². The molecule has 5 rings (SSSR count). The second kappa shape index (κ2) is 6.71. The number of aromatic hydroxyl groups is 1. The summed E-state index contributed by atoms with van der Waals surface area (Å²) in [6, 6.07) is 7.14. The van der Waals surface area contributed by atoms with Crippen molar-refractivity contribution in [2.24, 2.45) is 11.8 Å². The highest BCUT2D eigenvalue weighted by atomic mass is 35.5. The second-order valence-electron chi connectivity index (χ2n) is 6.79. The molecule has 2 bridgehead atoms. The molecule has 3 aliphatic rings. The first-order valence-corrected chi connectivity index (χ1v) is 8.29. The molecule has 0 radical (unpaired) electrons. The highest BCUT2D eigenvalue weighted by molar-refractivity contribution is 5.85. The van der Waals surface area contributed by atoms with Crippen LogP contribution in [0.2, 0.25) is 0 Å². The standard InChI is InChI=1S/C19H22N2O2.ClH/c1-2-12-11-21-8-6-13(12)9-18(21)19(23)15-5-7-20-17-4-3-14(22)10-16(15)17;/h2-5,7,10,12-13,18-19,22-23H,1,6,8-9,11H2;1H/t12-,13-,18-,19+;/m0./s1. The number of aliphatic hydroxyl groups is 1. The lowest BCUT2D eigenvalue weighted by Crippen LogP contribution is -2.54. The molecule has 4 nitrogen and oxygen atoms in total. The van der Waals surface area contributed by atoms with Gasteiger partial charge in [-0.2, -0.15) is 0 Å². The molecule has 3 aliphatic heterocycles. The first-order chi connectivity index (χ1) is 11.2. The van der Waals surface area contributed by atoms with E-state index in [1.807, 2.05) is 6.07 Å². The van der Waals surface area contributed by atoms with Gasteiger partial charge in [-0.25, -0.2) is 0 Å². The van der Waals surface area contributed by atoms with E-state index >= 15 is 0 Å². The Kier molecular flexibility index (Phi) is 4.81. The topological polar surface area (TPSA) is 56.6 Å². The summed E-state index contributed by atoms with van der Waals surface area (Å²) in [4.78, 5) is 6.73. The molecule has 0 aliphatic carbocycles. The predicted molar refractivity (Wildman–Crippen MR) is 97.4 cm³/mol. The summed E-state index contributed by atoms with van der Waals surface area (Å²) >= 11 is 0. The Hall–Kier alpha value is -1.62. The van der Waals surface area contributed by atoms with E-state index in [1.165, 1.54) is 6.42 Å². The van der Waals surface area contributed by atoms with Crippen molar-refractivity contribution in [1.82, 2.24) is 9.88 Å². The average Bonchev–Trinajstić information content (AvgIpc) is 2.60. The number of aliphatic hydroxyl groups excluding tert-OH is 1. The third kappa shape index (κ3) is 2.79. The third-order valence-corrected chi connectivity index (χ3v) is 5.60. The zero-order chi connectivity index (χ0) is 16.0. The number of nitrogens with zero attached hydrogens (tertiary/aromatic N) is 2. The van der Waals surface area contributed by atoms with E-state index < -0.39 is 6.10 Å². The minimum absolute atomic E-state index is 0. The summed E-state index contributed by atoms with van der Waals surface area (Å²) in [5.74, 6) is 1.38. The summed E-state index contributed by atoms with van der Waals surface area (Å²) in [5.41, 5.74) is 1.66. The van der Waals surface area contributed by atoms with Crippen LogP contribution in [0.4, 0.5) is 0 Å². The Morgan fingerprint density at radius 2 is 2.17 bits per heavy atom. The fraction of sp³-hybridized carbons (Fsp3) is 0.421. The maximum absolute atomic E-state index is 11.0. The SMILES string of the molecule is C=C[C@H]1CN2CC[C@H]1C[C@H]2[C@H](O)c1ccnc2ccc(O)cc12.Cl. The lowest BCUT2D eigenvalue weighted by atomic mass is 9.73. The number of rotatable bonds is 3. The van der Waals surface area contributed by atoms with Gasteiger partial charge in [0.25, 0.3) is 0 Å². The van der Waals surface area contributed by atoms with Crippen molar-refractivity contribution in [1.29, 1.82) is 0 Å².